The lowest BCUT2D eigenvalue weighted by molar-refractivity contribution is -0.138. The lowest BCUT2D eigenvalue weighted by atomic mass is 9.83. The van der Waals surface area contributed by atoms with Crippen molar-refractivity contribution < 1.29 is 9.53 Å². The average Bonchev–Trinajstić information content (AvgIpc) is 2.67. The van der Waals surface area contributed by atoms with Crippen LogP contribution in [0.5, 0.6) is 0 Å². The summed E-state index contributed by atoms with van der Waals surface area (Å²) in [5, 5.41) is 0. The van der Waals surface area contributed by atoms with Crippen molar-refractivity contribution >= 4 is 11.7 Å². The number of carbonyl (C=O) groups excluding carboxylic acids is 1. The number of allylic oxidation sites excluding steroid dienone is 2. The van der Waals surface area contributed by atoms with E-state index < -0.39 is 0 Å². The van der Waals surface area contributed by atoms with Crippen LogP contribution in [-0.4, -0.2) is 53.6 Å². The number of hydrogen-bond donors (Lipinski definition) is 0. The zero-order valence-electron chi connectivity index (χ0n) is 14.9. The first-order valence-electron chi connectivity index (χ1n) is 9.33. The zero-order valence-corrected chi connectivity index (χ0v) is 14.9. The van der Waals surface area contributed by atoms with E-state index in [1.807, 2.05) is 4.90 Å². The molecule has 1 fully saturated rings. The summed E-state index contributed by atoms with van der Waals surface area (Å²) in [4.78, 5) is 26.4. The summed E-state index contributed by atoms with van der Waals surface area (Å²) in [7, 11) is 0. The molecule has 0 bridgehead atoms. The maximum absolute atomic E-state index is 13.1. The topological polar surface area (TPSA) is 58.6 Å². The van der Waals surface area contributed by atoms with Crippen LogP contribution >= 0.6 is 0 Å². The minimum Gasteiger partial charge on any atom is -0.378 e. The largest absolute Gasteiger partial charge is 0.378 e. The van der Waals surface area contributed by atoms with Crippen molar-refractivity contribution in [3.63, 3.8) is 0 Å². The van der Waals surface area contributed by atoms with E-state index >= 15 is 0 Å². The molecular formula is C19H26N4O2. The molecule has 1 aromatic heterocycles. The molecule has 6 nitrogen and oxygen atoms in total. The molecule has 2 atom stereocenters. The summed E-state index contributed by atoms with van der Waals surface area (Å²) in [6, 6.07) is 0. The van der Waals surface area contributed by atoms with Crippen LogP contribution in [0.3, 0.4) is 0 Å². The summed E-state index contributed by atoms with van der Waals surface area (Å²) in [5.74, 6) is 1.81. The van der Waals surface area contributed by atoms with Crippen LogP contribution in [0, 0.1) is 11.8 Å². The number of nitrogens with zero attached hydrogens (tertiary/aromatic N) is 4. The molecule has 1 aliphatic carbocycles. The highest BCUT2D eigenvalue weighted by atomic mass is 16.5. The van der Waals surface area contributed by atoms with Gasteiger partial charge in [0.05, 0.1) is 25.5 Å². The number of morpholine rings is 1. The summed E-state index contributed by atoms with van der Waals surface area (Å²) < 4.78 is 5.46. The predicted molar refractivity (Wildman–Crippen MR) is 95.2 cm³/mol. The molecule has 0 unspecified atom stereocenters. The molecule has 1 saturated heterocycles. The van der Waals surface area contributed by atoms with Gasteiger partial charge in [-0.25, -0.2) is 9.97 Å². The van der Waals surface area contributed by atoms with E-state index in [1.165, 1.54) is 0 Å². The molecule has 0 radical (unpaired) electrons. The van der Waals surface area contributed by atoms with Crippen LogP contribution in [0.1, 0.15) is 31.0 Å². The Labute approximate surface area is 148 Å². The third-order valence-electron chi connectivity index (χ3n) is 5.67. The molecule has 25 heavy (non-hydrogen) atoms. The van der Waals surface area contributed by atoms with Crippen molar-refractivity contribution in [2.45, 2.75) is 32.7 Å². The molecule has 0 spiro atoms. The summed E-state index contributed by atoms with van der Waals surface area (Å²) >= 11 is 0. The Morgan fingerprint density at radius 2 is 1.96 bits per heavy atom. The second-order valence-corrected chi connectivity index (χ2v) is 7.26. The van der Waals surface area contributed by atoms with Crippen molar-refractivity contribution in [2.24, 2.45) is 11.8 Å². The minimum atomic E-state index is 0.114. The van der Waals surface area contributed by atoms with Crippen LogP contribution in [-0.2, 0) is 22.5 Å². The first-order chi connectivity index (χ1) is 12.2. The van der Waals surface area contributed by atoms with Gasteiger partial charge in [-0.1, -0.05) is 19.1 Å². The molecule has 4 rings (SSSR count). The Balaban J connectivity index is 1.55. The molecule has 134 valence electrons. The molecule has 6 heteroatoms. The van der Waals surface area contributed by atoms with Gasteiger partial charge in [-0.05, 0) is 18.8 Å². The van der Waals surface area contributed by atoms with E-state index in [0.29, 0.717) is 18.4 Å². The van der Waals surface area contributed by atoms with Crippen LogP contribution < -0.4 is 4.90 Å². The van der Waals surface area contributed by atoms with E-state index in [0.717, 1.165) is 69.2 Å². The lowest BCUT2D eigenvalue weighted by Gasteiger charge is -2.36. The van der Waals surface area contributed by atoms with Crippen LogP contribution in [0.4, 0.5) is 5.82 Å². The van der Waals surface area contributed by atoms with E-state index in [9.17, 15) is 4.79 Å². The van der Waals surface area contributed by atoms with Crippen molar-refractivity contribution in [1.29, 1.82) is 0 Å². The Morgan fingerprint density at radius 1 is 1.16 bits per heavy atom. The Hall–Kier alpha value is -1.95. The van der Waals surface area contributed by atoms with Crippen molar-refractivity contribution in [2.75, 3.05) is 37.7 Å². The van der Waals surface area contributed by atoms with Crippen LogP contribution in [0.15, 0.2) is 18.5 Å². The van der Waals surface area contributed by atoms with Gasteiger partial charge in [-0.15, -0.1) is 0 Å². The third-order valence-corrected chi connectivity index (χ3v) is 5.67. The average molecular weight is 342 g/mol. The molecule has 3 aliphatic rings. The van der Waals surface area contributed by atoms with Crippen molar-refractivity contribution in [3.05, 3.63) is 29.7 Å². The van der Waals surface area contributed by atoms with Gasteiger partial charge in [0.2, 0.25) is 5.91 Å². The number of aromatic nitrogens is 2. The van der Waals surface area contributed by atoms with Gasteiger partial charge in [0.1, 0.15) is 12.1 Å². The van der Waals surface area contributed by atoms with Crippen LogP contribution in [0.25, 0.3) is 0 Å². The summed E-state index contributed by atoms with van der Waals surface area (Å²) in [6.45, 7) is 6.74. The predicted octanol–water partition coefficient (Wildman–Crippen LogP) is 1.80. The normalized spacial score (nSPS) is 26.4. The highest BCUT2D eigenvalue weighted by Crippen LogP contribution is 2.31. The number of ether oxygens (including phenoxy) is 1. The molecule has 1 aromatic rings. The number of carbonyl (C=O) groups is 1. The van der Waals surface area contributed by atoms with E-state index in [-0.39, 0.29) is 5.92 Å². The highest BCUT2D eigenvalue weighted by Gasteiger charge is 2.33. The first kappa shape index (κ1) is 16.5. The van der Waals surface area contributed by atoms with E-state index in [2.05, 4.69) is 33.9 Å². The number of amides is 1. The SMILES string of the molecule is C[C@@H]1CC=CC[C@H]1C(=O)N1CCc2ncnc(N3CCOCC3)c2C1. The monoisotopic (exact) mass is 342 g/mol. The van der Waals surface area contributed by atoms with Crippen molar-refractivity contribution in [1.82, 2.24) is 14.9 Å². The molecular weight excluding hydrogens is 316 g/mol. The maximum atomic E-state index is 13.1. The molecule has 0 aromatic carbocycles. The second kappa shape index (κ2) is 7.12. The smallest absolute Gasteiger partial charge is 0.226 e. The lowest BCUT2D eigenvalue weighted by Crippen LogP contribution is -2.44. The fourth-order valence-electron chi connectivity index (χ4n) is 4.09. The minimum absolute atomic E-state index is 0.114. The molecule has 3 heterocycles. The fraction of sp³-hybridized carbons (Fsp3) is 0.632. The Kier molecular flexibility index (Phi) is 4.70. The quantitative estimate of drug-likeness (QED) is 0.767. The van der Waals surface area contributed by atoms with Gasteiger partial charge >= 0.3 is 0 Å². The maximum Gasteiger partial charge on any atom is 0.226 e. The number of rotatable bonds is 2. The van der Waals surface area contributed by atoms with Gasteiger partial charge in [-0.2, -0.15) is 0 Å². The third kappa shape index (κ3) is 3.27. The number of anilines is 1. The van der Waals surface area contributed by atoms with Gasteiger partial charge in [-0.3, -0.25) is 4.79 Å². The standard InChI is InChI=1S/C19H26N4O2/c1-14-4-2-3-5-15(14)19(24)23-7-6-17-16(12-23)18(21-13-20-17)22-8-10-25-11-9-22/h2-3,13-15H,4-12H2,1H3/t14-,15-/m1/s1. The highest BCUT2D eigenvalue weighted by molar-refractivity contribution is 5.80. The van der Waals surface area contributed by atoms with Gasteiger partial charge in [0.25, 0.3) is 0 Å². The number of hydrogen-bond acceptors (Lipinski definition) is 5. The summed E-state index contributed by atoms with van der Waals surface area (Å²) in [5.41, 5.74) is 2.22. The molecule has 2 aliphatic heterocycles. The second-order valence-electron chi connectivity index (χ2n) is 7.26. The first-order valence-corrected chi connectivity index (χ1v) is 9.33. The van der Waals surface area contributed by atoms with Gasteiger partial charge in [0.15, 0.2) is 0 Å². The van der Waals surface area contributed by atoms with Gasteiger partial charge < -0.3 is 14.5 Å². The van der Waals surface area contributed by atoms with Crippen LogP contribution in [0.2, 0.25) is 0 Å². The zero-order chi connectivity index (χ0) is 17.2. The van der Waals surface area contributed by atoms with E-state index in [1.54, 1.807) is 6.33 Å². The van der Waals surface area contributed by atoms with Gasteiger partial charge in [0, 0.05) is 37.5 Å². The fourth-order valence-corrected chi connectivity index (χ4v) is 4.09. The number of fused-ring (bicyclic) bond motifs is 1. The Morgan fingerprint density at radius 3 is 2.76 bits per heavy atom. The molecule has 1 amide bonds. The molecule has 0 saturated carbocycles. The van der Waals surface area contributed by atoms with Crippen molar-refractivity contribution in [3.8, 4) is 0 Å². The summed E-state index contributed by atoms with van der Waals surface area (Å²) in [6.07, 6.45) is 8.70. The Bertz CT molecular complexity index is 669. The molecule has 0 N–H and O–H groups in total. The van der Waals surface area contributed by atoms with E-state index in [4.69, 9.17) is 4.74 Å².